The standard InChI is InChI=1S/C10H10F2N2S/c1-10(2)9(15)13-8-6(12)3-5(11)4-7(8)14-10/h3-4,14H,1-2H3,(H,13,15). The van der Waals surface area contributed by atoms with Crippen LogP contribution in [0.5, 0.6) is 0 Å². The van der Waals surface area contributed by atoms with Crippen molar-refractivity contribution in [3.63, 3.8) is 0 Å². The topological polar surface area (TPSA) is 24.1 Å². The largest absolute Gasteiger partial charge is 0.372 e. The first-order valence-corrected chi connectivity index (χ1v) is 4.90. The smallest absolute Gasteiger partial charge is 0.151 e. The molecule has 2 nitrogen and oxygen atoms in total. The molecule has 2 rings (SSSR count). The molecular weight excluding hydrogens is 218 g/mol. The molecular formula is C10H10F2N2S. The molecule has 80 valence electrons. The van der Waals surface area contributed by atoms with Crippen LogP contribution in [0.15, 0.2) is 12.1 Å². The van der Waals surface area contributed by atoms with Crippen LogP contribution in [0.25, 0.3) is 0 Å². The van der Waals surface area contributed by atoms with Crippen molar-refractivity contribution in [2.45, 2.75) is 19.4 Å². The van der Waals surface area contributed by atoms with Crippen LogP contribution in [0.3, 0.4) is 0 Å². The maximum Gasteiger partial charge on any atom is 0.151 e. The number of thiocarbonyl (C=S) groups is 1. The molecule has 1 aromatic carbocycles. The number of benzene rings is 1. The molecule has 1 aromatic rings. The van der Waals surface area contributed by atoms with Gasteiger partial charge in [0.2, 0.25) is 0 Å². The summed E-state index contributed by atoms with van der Waals surface area (Å²) >= 11 is 5.08. The number of halogens is 2. The number of hydrogen-bond acceptors (Lipinski definition) is 2. The third-order valence-electron chi connectivity index (χ3n) is 2.31. The Morgan fingerprint density at radius 3 is 2.60 bits per heavy atom. The third kappa shape index (κ3) is 1.67. The number of anilines is 2. The Morgan fingerprint density at radius 1 is 1.27 bits per heavy atom. The van der Waals surface area contributed by atoms with E-state index in [1.54, 1.807) is 0 Å². The molecule has 0 unspecified atom stereocenters. The zero-order chi connectivity index (χ0) is 11.2. The number of rotatable bonds is 0. The van der Waals surface area contributed by atoms with Crippen molar-refractivity contribution < 1.29 is 8.78 Å². The second-order valence-electron chi connectivity index (χ2n) is 4.01. The lowest BCUT2D eigenvalue weighted by atomic mass is 10.0. The Labute approximate surface area is 91.7 Å². The highest BCUT2D eigenvalue weighted by Crippen LogP contribution is 2.34. The van der Waals surface area contributed by atoms with Crippen molar-refractivity contribution in [2.24, 2.45) is 0 Å². The summed E-state index contributed by atoms with van der Waals surface area (Å²) in [4.78, 5) is 0.487. The molecule has 15 heavy (non-hydrogen) atoms. The molecule has 0 atom stereocenters. The summed E-state index contributed by atoms with van der Waals surface area (Å²) in [5.74, 6) is -1.25. The summed E-state index contributed by atoms with van der Waals surface area (Å²) in [6.07, 6.45) is 0. The third-order valence-corrected chi connectivity index (χ3v) is 2.92. The quantitative estimate of drug-likeness (QED) is 0.668. The molecule has 0 aliphatic carbocycles. The molecule has 0 radical (unpaired) electrons. The maximum absolute atomic E-state index is 13.4. The van der Waals surface area contributed by atoms with Crippen molar-refractivity contribution in [3.05, 3.63) is 23.8 Å². The number of fused-ring (bicyclic) bond motifs is 1. The van der Waals surface area contributed by atoms with Crippen LogP contribution >= 0.6 is 12.2 Å². The fourth-order valence-corrected chi connectivity index (χ4v) is 1.62. The van der Waals surface area contributed by atoms with Gasteiger partial charge in [-0.2, -0.15) is 0 Å². The Kier molecular flexibility index (Phi) is 2.15. The van der Waals surface area contributed by atoms with Gasteiger partial charge < -0.3 is 10.6 Å². The van der Waals surface area contributed by atoms with Crippen LogP contribution in [-0.2, 0) is 0 Å². The molecule has 0 fully saturated rings. The van der Waals surface area contributed by atoms with Crippen LogP contribution in [0.4, 0.5) is 20.2 Å². The van der Waals surface area contributed by atoms with E-state index in [0.29, 0.717) is 10.7 Å². The van der Waals surface area contributed by atoms with Gasteiger partial charge in [-0.15, -0.1) is 0 Å². The summed E-state index contributed by atoms with van der Waals surface area (Å²) in [7, 11) is 0. The van der Waals surface area contributed by atoms with E-state index in [0.717, 1.165) is 6.07 Å². The monoisotopic (exact) mass is 228 g/mol. The van der Waals surface area contributed by atoms with E-state index in [1.165, 1.54) is 6.07 Å². The van der Waals surface area contributed by atoms with Crippen molar-refractivity contribution in [1.29, 1.82) is 0 Å². The van der Waals surface area contributed by atoms with Crippen molar-refractivity contribution in [2.75, 3.05) is 10.6 Å². The van der Waals surface area contributed by atoms with E-state index in [4.69, 9.17) is 12.2 Å². The number of nitrogens with one attached hydrogen (secondary N) is 2. The van der Waals surface area contributed by atoms with Crippen LogP contribution in [0, 0.1) is 11.6 Å². The van der Waals surface area contributed by atoms with Gasteiger partial charge in [-0.05, 0) is 19.9 Å². The van der Waals surface area contributed by atoms with Crippen molar-refractivity contribution in [1.82, 2.24) is 0 Å². The van der Waals surface area contributed by atoms with Crippen molar-refractivity contribution in [3.8, 4) is 0 Å². The minimum atomic E-state index is -0.643. The summed E-state index contributed by atoms with van der Waals surface area (Å²) in [6, 6.07) is 2.07. The Balaban J connectivity index is 2.55. The van der Waals surface area contributed by atoms with Crippen LogP contribution in [0.2, 0.25) is 0 Å². The highest BCUT2D eigenvalue weighted by molar-refractivity contribution is 7.80. The minimum absolute atomic E-state index is 0.209. The van der Waals surface area contributed by atoms with Crippen LogP contribution in [-0.4, -0.2) is 10.5 Å². The normalized spacial score (nSPS) is 17.7. The van der Waals surface area contributed by atoms with Gasteiger partial charge >= 0.3 is 0 Å². The molecule has 0 spiro atoms. The Morgan fingerprint density at radius 2 is 1.93 bits per heavy atom. The fourth-order valence-electron chi connectivity index (χ4n) is 1.46. The van der Waals surface area contributed by atoms with Gasteiger partial charge in [-0.3, -0.25) is 0 Å². The zero-order valence-electron chi connectivity index (χ0n) is 8.32. The first kappa shape index (κ1) is 10.3. The fraction of sp³-hybridized carbons (Fsp3) is 0.300. The molecule has 1 aliphatic heterocycles. The maximum atomic E-state index is 13.4. The van der Waals surface area contributed by atoms with Crippen LogP contribution in [0.1, 0.15) is 13.8 Å². The van der Waals surface area contributed by atoms with Crippen LogP contribution < -0.4 is 10.6 Å². The molecule has 5 heteroatoms. The minimum Gasteiger partial charge on any atom is -0.372 e. The molecule has 0 amide bonds. The molecule has 0 saturated heterocycles. The Bertz CT molecular complexity index is 443. The van der Waals surface area contributed by atoms with E-state index in [9.17, 15) is 8.78 Å². The van der Waals surface area contributed by atoms with Gasteiger partial charge in [-0.1, -0.05) is 12.2 Å². The predicted octanol–water partition coefficient (Wildman–Crippen LogP) is 2.91. The highest BCUT2D eigenvalue weighted by Gasteiger charge is 2.31. The van der Waals surface area contributed by atoms with Crippen molar-refractivity contribution >= 4 is 28.6 Å². The first-order chi connectivity index (χ1) is 6.90. The lowest BCUT2D eigenvalue weighted by Gasteiger charge is -2.35. The first-order valence-electron chi connectivity index (χ1n) is 4.49. The van der Waals surface area contributed by atoms with Gasteiger partial charge in [0.25, 0.3) is 0 Å². The van der Waals surface area contributed by atoms with E-state index in [2.05, 4.69) is 10.6 Å². The van der Waals surface area contributed by atoms with Gasteiger partial charge in [0.15, 0.2) is 5.82 Å². The van der Waals surface area contributed by atoms with Gasteiger partial charge in [-0.25, -0.2) is 8.78 Å². The SMILES string of the molecule is CC1(C)Nc2cc(F)cc(F)c2NC1=S. The van der Waals surface area contributed by atoms with E-state index in [-0.39, 0.29) is 5.69 Å². The molecule has 1 heterocycles. The summed E-state index contributed by atoms with van der Waals surface area (Å²) < 4.78 is 26.3. The summed E-state index contributed by atoms with van der Waals surface area (Å²) in [5.41, 5.74) is 0.106. The summed E-state index contributed by atoms with van der Waals surface area (Å²) in [5, 5.41) is 5.76. The van der Waals surface area contributed by atoms with Gasteiger partial charge in [0, 0.05) is 6.07 Å². The Hall–Kier alpha value is -1.23. The molecule has 0 bridgehead atoms. The molecule has 0 saturated carbocycles. The average Bonchev–Trinajstić information content (AvgIpc) is 2.08. The zero-order valence-corrected chi connectivity index (χ0v) is 9.14. The highest BCUT2D eigenvalue weighted by atomic mass is 32.1. The second-order valence-corrected chi connectivity index (χ2v) is 4.42. The van der Waals surface area contributed by atoms with Gasteiger partial charge in [0.05, 0.1) is 16.9 Å². The lowest BCUT2D eigenvalue weighted by molar-refractivity contribution is 0.584. The number of hydrogen-bond donors (Lipinski definition) is 2. The van der Waals surface area contributed by atoms with E-state index in [1.807, 2.05) is 13.8 Å². The van der Waals surface area contributed by atoms with Gasteiger partial charge in [0.1, 0.15) is 10.8 Å². The van der Waals surface area contributed by atoms with E-state index >= 15 is 0 Å². The lowest BCUT2D eigenvalue weighted by Crippen LogP contribution is -2.46. The molecule has 0 aromatic heterocycles. The second kappa shape index (κ2) is 3.13. The predicted molar refractivity (Wildman–Crippen MR) is 60.3 cm³/mol. The molecule has 1 aliphatic rings. The molecule has 2 N–H and O–H groups in total. The van der Waals surface area contributed by atoms with E-state index < -0.39 is 17.2 Å². The average molecular weight is 228 g/mol. The summed E-state index contributed by atoms with van der Waals surface area (Å²) in [6.45, 7) is 3.68.